The number of carbonyl (C=O) groups excluding carboxylic acids is 1. The molecule has 4 nitrogen and oxygen atoms in total. The Hall–Kier alpha value is -1.57. The third-order valence-corrected chi connectivity index (χ3v) is 5.93. The average molecular weight is 402 g/mol. The first-order valence-electron chi connectivity index (χ1n) is 7.38. The van der Waals surface area contributed by atoms with Gasteiger partial charge >= 0.3 is 0 Å². The Balaban J connectivity index is 1.86. The normalized spacial score (nSPS) is 11.3. The molecule has 2 aromatic rings. The molecule has 0 bridgehead atoms. The lowest BCUT2D eigenvalue weighted by atomic mass is 10.2. The highest BCUT2D eigenvalue weighted by Crippen LogP contribution is 2.22. The summed E-state index contributed by atoms with van der Waals surface area (Å²) in [6.07, 6.45) is 1.04. The van der Waals surface area contributed by atoms with Crippen LogP contribution in [-0.4, -0.2) is 32.9 Å². The first-order valence-corrected chi connectivity index (χ1v) is 10.8. The Morgan fingerprint density at radius 3 is 2.64 bits per heavy atom. The molecule has 0 aromatic heterocycles. The van der Waals surface area contributed by atoms with Crippen molar-refractivity contribution < 1.29 is 17.6 Å². The van der Waals surface area contributed by atoms with Crippen LogP contribution in [0, 0.1) is 5.82 Å². The molecular formula is C17H17ClFNO3S2. The summed E-state index contributed by atoms with van der Waals surface area (Å²) in [6.45, 7) is 0.384. The molecule has 2 rings (SSSR count). The van der Waals surface area contributed by atoms with Crippen LogP contribution >= 0.6 is 23.4 Å². The molecule has 1 amide bonds. The molecule has 0 radical (unpaired) electrons. The monoisotopic (exact) mass is 401 g/mol. The number of amides is 1. The molecule has 0 aliphatic rings. The molecule has 0 aliphatic carbocycles. The number of rotatable bonds is 7. The fraction of sp³-hybridized carbons (Fsp3) is 0.235. The number of halogens is 2. The maximum absolute atomic E-state index is 13.5. The Morgan fingerprint density at radius 1 is 1.24 bits per heavy atom. The third kappa shape index (κ3) is 5.73. The predicted molar refractivity (Wildman–Crippen MR) is 99.5 cm³/mol. The highest BCUT2D eigenvalue weighted by atomic mass is 35.5. The van der Waals surface area contributed by atoms with Crippen molar-refractivity contribution in [1.82, 2.24) is 5.32 Å². The van der Waals surface area contributed by atoms with E-state index in [1.807, 2.05) is 0 Å². The van der Waals surface area contributed by atoms with Crippen molar-refractivity contribution in [2.24, 2.45) is 0 Å². The molecule has 0 fully saturated rings. The number of sulfone groups is 1. The van der Waals surface area contributed by atoms with Crippen molar-refractivity contribution in [3.63, 3.8) is 0 Å². The summed E-state index contributed by atoms with van der Waals surface area (Å²) in [5.41, 5.74) is 0.846. The molecular weight excluding hydrogens is 385 g/mol. The maximum Gasteiger partial charge on any atom is 0.251 e. The first-order chi connectivity index (χ1) is 11.8. The van der Waals surface area contributed by atoms with E-state index >= 15 is 0 Å². The highest BCUT2D eigenvalue weighted by Gasteiger charge is 2.15. The largest absolute Gasteiger partial charge is 0.351 e. The van der Waals surface area contributed by atoms with Crippen molar-refractivity contribution in [2.45, 2.75) is 10.6 Å². The van der Waals surface area contributed by atoms with Crippen molar-refractivity contribution in [3.8, 4) is 0 Å². The van der Waals surface area contributed by atoms with Gasteiger partial charge in [-0.15, -0.1) is 0 Å². The molecule has 0 spiro atoms. The van der Waals surface area contributed by atoms with Crippen LogP contribution in [0.1, 0.15) is 15.9 Å². The lowest BCUT2D eigenvalue weighted by molar-refractivity contribution is 0.0956. The number of thioether (sulfide) groups is 1. The predicted octanol–water partition coefficient (Wildman–Crippen LogP) is 3.55. The van der Waals surface area contributed by atoms with E-state index in [1.54, 1.807) is 18.2 Å². The van der Waals surface area contributed by atoms with Crippen molar-refractivity contribution in [1.29, 1.82) is 0 Å². The molecule has 8 heteroatoms. The van der Waals surface area contributed by atoms with Gasteiger partial charge in [-0.05, 0) is 29.8 Å². The zero-order valence-electron chi connectivity index (χ0n) is 13.5. The van der Waals surface area contributed by atoms with Gasteiger partial charge in [0, 0.05) is 29.9 Å². The van der Waals surface area contributed by atoms with Crippen molar-refractivity contribution in [3.05, 3.63) is 64.4 Å². The second-order valence-corrected chi connectivity index (χ2v) is 8.81. The second kappa shape index (κ2) is 8.69. The zero-order chi connectivity index (χ0) is 18.4. The minimum Gasteiger partial charge on any atom is -0.351 e. The van der Waals surface area contributed by atoms with Gasteiger partial charge in [-0.25, -0.2) is 12.8 Å². The van der Waals surface area contributed by atoms with Gasteiger partial charge in [0.2, 0.25) is 0 Å². The van der Waals surface area contributed by atoms with Gasteiger partial charge in [-0.2, -0.15) is 11.8 Å². The van der Waals surface area contributed by atoms with E-state index in [4.69, 9.17) is 11.6 Å². The van der Waals surface area contributed by atoms with Gasteiger partial charge in [0.15, 0.2) is 9.84 Å². The van der Waals surface area contributed by atoms with Crippen molar-refractivity contribution >= 4 is 39.1 Å². The SMILES string of the molecule is CS(=O)(=O)c1cc(C(=O)NCCSCc2ccccc2F)ccc1Cl. The fourth-order valence-corrected chi connectivity index (χ4v) is 4.21. The maximum atomic E-state index is 13.5. The van der Waals surface area contributed by atoms with Crippen LogP contribution in [0.5, 0.6) is 0 Å². The summed E-state index contributed by atoms with van der Waals surface area (Å²) in [5, 5.41) is 2.79. The van der Waals surface area contributed by atoms with E-state index < -0.39 is 9.84 Å². The molecule has 2 aromatic carbocycles. The molecule has 0 aliphatic heterocycles. The quantitative estimate of drug-likeness (QED) is 0.721. The number of hydrogen-bond donors (Lipinski definition) is 1. The summed E-state index contributed by atoms with van der Waals surface area (Å²) in [7, 11) is -3.50. The molecule has 0 heterocycles. The van der Waals surface area contributed by atoms with Gasteiger partial charge in [0.25, 0.3) is 5.91 Å². The molecule has 0 saturated heterocycles. The fourth-order valence-electron chi connectivity index (χ4n) is 2.07. The Morgan fingerprint density at radius 2 is 1.96 bits per heavy atom. The second-order valence-electron chi connectivity index (χ2n) is 5.32. The van der Waals surface area contributed by atoms with Gasteiger partial charge in [0.1, 0.15) is 5.82 Å². The molecule has 1 N–H and O–H groups in total. The molecule has 0 atom stereocenters. The van der Waals surface area contributed by atoms with E-state index in [9.17, 15) is 17.6 Å². The number of hydrogen-bond acceptors (Lipinski definition) is 4. The molecule has 0 saturated carbocycles. The van der Waals surface area contributed by atoms with E-state index in [0.29, 0.717) is 23.6 Å². The molecule has 0 unspecified atom stereocenters. The summed E-state index contributed by atoms with van der Waals surface area (Å²) in [4.78, 5) is 12.0. The van der Waals surface area contributed by atoms with E-state index in [-0.39, 0.29) is 27.2 Å². The molecule has 134 valence electrons. The minimum atomic E-state index is -3.50. The van der Waals surface area contributed by atoms with E-state index in [0.717, 1.165) is 6.26 Å². The Labute approximate surface area is 155 Å². The number of nitrogens with one attached hydrogen (secondary N) is 1. The lowest BCUT2D eigenvalue weighted by Crippen LogP contribution is -2.26. The average Bonchev–Trinajstić information content (AvgIpc) is 2.55. The topological polar surface area (TPSA) is 63.2 Å². The summed E-state index contributed by atoms with van der Waals surface area (Å²) in [5.74, 6) is 0.496. The van der Waals surface area contributed by atoms with Gasteiger partial charge in [-0.3, -0.25) is 4.79 Å². The smallest absolute Gasteiger partial charge is 0.251 e. The van der Waals surface area contributed by atoms with Gasteiger partial charge in [0.05, 0.1) is 9.92 Å². The van der Waals surface area contributed by atoms with Crippen LogP contribution in [0.3, 0.4) is 0 Å². The lowest BCUT2D eigenvalue weighted by Gasteiger charge is -2.08. The minimum absolute atomic E-state index is 0.0734. The van der Waals surface area contributed by atoms with Gasteiger partial charge in [-0.1, -0.05) is 29.8 Å². The Bertz CT molecular complexity index is 872. The number of benzene rings is 2. The van der Waals surface area contributed by atoms with Crippen LogP contribution in [-0.2, 0) is 15.6 Å². The number of carbonyl (C=O) groups is 1. The summed E-state index contributed by atoms with van der Waals surface area (Å²) >= 11 is 7.35. The highest BCUT2D eigenvalue weighted by molar-refractivity contribution is 7.98. The zero-order valence-corrected chi connectivity index (χ0v) is 15.8. The van der Waals surface area contributed by atoms with E-state index in [2.05, 4.69) is 5.32 Å². The van der Waals surface area contributed by atoms with Crippen LogP contribution in [0.4, 0.5) is 4.39 Å². The van der Waals surface area contributed by atoms with Crippen LogP contribution < -0.4 is 5.32 Å². The first kappa shape index (κ1) is 19.8. The summed E-state index contributed by atoms with van der Waals surface area (Å²) in [6, 6.07) is 10.7. The van der Waals surface area contributed by atoms with Crippen LogP contribution in [0.2, 0.25) is 5.02 Å². The van der Waals surface area contributed by atoms with Crippen LogP contribution in [0.25, 0.3) is 0 Å². The van der Waals surface area contributed by atoms with Gasteiger partial charge < -0.3 is 5.32 Å². The Kier molecular flexibility index (Phi) is 6.87. The van der Waals surface area contributed by atoms with Crippen LogP contribution in [0.15, 0.2) is 47.4 Å². The van der Waals surface area contributed by atoms with Crippen molar-refractivity contribution in [2.75, 3.05) is 18.6 Å². The van der Waals surface area contributed by atoms with E-state index in [1.165, 1.54) is 36.0 Å². The standard InChI is InChI=1S/C17H17ClFNO3S2/c1-25(22,23)16-10-12(6-7-14(16)18)17(21)20-8-9-24-11-13-4-2-3-5-15(13)19/h2-7,10H,8-9,11H2,1H3,(H,20,21). The summed E-state index contributed by atoms with van der Waals surface area (Å²) < 4.78 is 36.8. The molecule has 25 heavy (non-hydrogen) atoms. The third-order valence-electron chi connectivity index (χ3n) is 3.34.